The molecule has 1 saturated heterocycles. The van der Waals surface area contributed by atoms with E-state index in [9.17, 15) is 4.79 Å². The van der Waals surface area contributed by atoms with Gasteiger partial charge in [-0.3, -0.25) is 9.69 Å². The van der Waals surface area contributed by atoms with Crippen LogP contribution in [0.1, 0.15) is 51.9 Å². The lowest BCUT2D eigenvalue weighted by Crippen LogP contribution is -2.49. The van der Waals surface area contributed by atoms with Crippen molar-refractivity contribution in [3.8, 4) is 0 Å². The summed E-state index contributed by atoms with van der Waals surface area (Å²) in [5.74, 6) is 0.169. The number of rotatable bonds is 6. The number of methoxy groups -OCH3 is 1. The molecule has 120 valence electrons. The zero-order chi connectivity index (χ0) is 15.1. The van der Waals surface area contributed by atoms with Crippen LogP contribution < -0.4 is 5.32 Å². The Labute approximate surface area is 128 Å². The monoisotopic (exact) mass is 294 g/mol. The average molecular weight is 294 g/mol. The second kappa shape index (κ2) is 8.54. The van der Waals surface area contributed by atoms with Gasteiger partial charge in [0.25, 0.3) is 0 Å². The van der Waals surface area contributed by atoms with Gasteiger partial charge in [0.1, 0.15) is 0 Å². The van der Waals surface area contributed by atoms with E-state index >= 15 is 0 Å². The Hall–Kier alpha value is -0.870. The van der Waals surface area contributed by atoms with E-state index in [0.717, 1.165) is 38.9 Å². The van der Waals surface area contributed by atoms with Crippen LogP contribution in [0.15, 0.2) is 11.6 Å². The standard InChI is InChI=1S/C17H30N2O2/c1-14(19-12-9-16(21-2)10-13-19)17(20)18-11-8-15-6-4-3-5-7-15/h6,14,16H,3-5,7-13H2,1-2H3,(H,18,20). The van der Waals surface area contributed by atoms with E-state index < -0.39 is 0 Å². The number of carbonyl (C=O) groups excluding carboxylic acids is 1. The third kappa shape index (κ3) is 5.11. The lowest BCUT2D eigenvalue weighted by molar-refractivity contribution is -0.126. The molecule has 1 fully saturated rings. The minimum Gasteiger partial charge on any atom is -0.381 e. The van der Waals surface area contributed by atoms with Crippen LogP contribution in [-0.2, 0) is 9.53 Å². The summed E-state index contributed by atoms with van der Waals surface area (Å²) in [5.41, 5.74) is 1.52. The molecule has 0 aromatic heterocycles. The van der Waals surface area contributed by atoms with E-state index in [1.54, 1.807) is 7.11 Å². The molecule has 1 atom stereocenters. The third-order valence-electron chi connectivity index (χ3n) is 4.87. The van der Waals surface area contributed by atoms with Crippen molar-refractivity contribution in [2.45, 2.75) is 64.0 Å². The molecular weight excluding hydrogens is 264 g/mol. The maximum absolute atomic E-state index is 12.2. The second-order valence-corrected chi connectivity index (χ2v) is 6.30. The molecule has 1 amide bonds. The Balaban J connectivity index is 1.66. The first kappa shape index (κ1) is 16.5. The van der Waals surface area contributed by atoms with Gasteiger partial charge in [0.05, 0.1) is 12.1 Å². The maximum atomic E-state index is 12.2. The summed E-state index contributed by atoms with van der Waals surface area (Å²) in [6.45, 7) is 4.71. The van der Waals surface area contributed by atoms with Crippen molar-refractivity contribution >= 4 is 5.91 Å². The van der Waals surface area contributed by atoms with Crippen LogP contribution in [0.3, 0.4) is 0 Å². The Morgan fingerprint density at radius 2 is 2.19 bits per heavy atom. The van der Waals surface area contributed by atoms with Gasteiger partial charge in [-0.1, -0.05) is 11.6 Å². The predicted molar refractivity (Wildman–Crippen MR) is 85.2 cm³/mol. The molecule has 0 aromatic carbocycles. The van der Waals surface area contributed by atoms with E-state index in [0.29, 0.717) is 6.10 Å². The first-order valence-corrected chi connectivity index (χ1v) is 8.43. The van der Waals surface area contributed by atoms with Crippen LogP contribution in [-0.4, -0.2) is 49.7 Å². The van der Waals surface area contributed by atoms with Crippen LogP contribution in [0.2, 0.25) is 0 Å². The highest BCUT2D eigenvalue weighted by Crippen LogP contribution is 2.19. The highest BCUT2D eigenvalue weighted by molar-refractivity contribution is 5.81. The molecule has 0 spiro atoms. The number of nitrogens with one attached hydrogen (secondary N) is 1. The maximum Gasteiger partial charge on any atom is 0.237 e. The summed E-state index contributed by atoms with van der Waals surface area (Å²) in [7, 11) is 1.77. The molecule has 1 heterocycles. The summed E-state index contributed by atoms with van der Waals surface area (Å²) < 4.78 is 5.38. The minimum absolute atomic E-state index is 0.0249. The number of hydrogen-bond donors (Lipinski definition) is 1. The SMILES string of the molecule is COC1CCN(C(C)C(=O)NCCC2=CCCCC2)CC1. The zero-order valence-electron chi connectivity index (χ0n) is 13.6. The van der Waals surface area contributed by atoms with Crippen LogP contribution in [0.5, 0.6) is 0 Å². The summed E-state index contributed by atoms with van der Waals surface area (Å²) in [6.07, 6.45) is 10.9. The van der Waals surface area contributed by atoms with Gasteiger partial charge in [-0.15, -0.1) is 0 Å². The minimum atomic E-state index is -0.0249. The van der Waals surface area contributed by atoms with Crippen LogP contribution in [0.25, 0.3) is 0 Å². The summed E-state index contributed by atoms with van der Waals surface area (Å²) in [4.78, 5) is 14.5. The molecule has 2 aliphatic rings. The largest absolute Gasteiger partial charge is 0.381 e. The molecule has 2 rings (SSSR count). The number of nitrogens with zero attached hydrogens (tertiary/aromatic N) is 1. The van der Waals surface area contributed by atoms with E-state index in [4.69, 9.17) is 4.74 Å². The molecule has 4 heteroatoms. The van der Waals surface area contributed by atoms with Crippen molar-refractivity contribution in [1.82, 2.24) is 10.2 Å². The number of piperidine rings is 1. The smallest absolute Gasteiger partial charge is 0.237 e. The Morgan fingerprint density at radius 3 is 2.81 bits per heavy atom. The lowest BCUT2D eigenvalue weighted by Gasteiger charge is -2.34. The van der Waals surface area contributed by atoms with E-state index in [-0.39, 0.29) is 11.9 Å². The number of amides is 1. The van der Waals surface area contributed by atoms with Crippen molar-refractivity contribution in [1.29, 1.82) is 0 Å². The van der Waals surface area contributed by atoms with Crippen LogP contribution in [0, 0.1) is 0 Å². The second-order valence-electron chi connectivity index (χ2n) is 6.30. The van der Waals surface area contributed by atoms with Gasteiger partial charge in [-0.25, -0.2) is 0 Å². The molecule has 1 unspecified atom stereocenters. The number of hydrogen-bond acceptors (Lipinski definition) is 3. The molecule has 4 nitrogen and oxygen atoms in total. The van der Waals surface area contributed by atoms with Gasteiger partial charge in [0.15, 0.2) is 0 Å². The van der Waals surface area contributed by atoms with Gasteiger partial charge in [0, 0.05) is 26.7 Å². The Bertz CT molecular complexity index is 360. The van der Waals surface area contributed by atoms with Crippen molar-refractivity contribution in [2.75, 3.05) is 26.7 Å². The fourth-order valence-corrected chi connectivity index (χ4v) is 3.29. The van der Waals surface area contributed by atoms with Crippen molar-refractivity contribution in [3.05, 3.63) is 11.6 Å². The van der Waals surface area contributed by atoms with Crippen LogP contribution >= 0.6 is 0 Å². The third-order valence-corrected chi connectivity index (χ3v) is 4.87. The van der Waals surface area contributed by atoms with Gasteiger partial charge < -0.3 is 10.1 Å². The van der Waals surface area contributed by atoms with Crippen molar-refractivity contribution in [3.63, 3.8) is 0 Å². The Morgan fingerprint density at radius 1 is 1.43 bits per heavy atom. The number of ether oxygens (including phenoxy) is 1. The molecule has 1 aliphatic heterocycles. The average Bonchev–Trinajstić information content (AvgIpc) is 2.55. The highest BCUT2D eigenvalue weighted by atomic mass is 16.5. The molecular formula is C17H30N2O2. The topological polar surface area (TPSA) is 41.6 Å². The van der Waals surface area contributed by atoms with Crippen molar-refractivity contribution < 1.29 is 9.53 Å². The molecule has 0 bridgehead atoms. The van der Waals surface area contributed by atoms with Gasteiger partial charge in [-0.05, 0) is 51.9 Å². The zero-order valence-corrected chi connectivity index (χ0v) is 13.6. The highest BCUT2D eigenvalue weighted by Gasteiger charge is 2.26. The molecule has 0 saturated carbocycles. The fraction of sp³-hybridized carbons (Fsp3) is 0.824. The van der Waals surface area contributed by atoms with Crippen LogP contribution in [0.4, 0.5) is 0 Å². The van der Waals surface area contributed by atoms with Crippen molar-refractivity contribution in [2.24, 2.45) is 0 Å². The van der Waals surface area contributed by atoms with E-state index in [2.05, 4.69) is 16.3 Å². The summed E-state index contributed by atoms with van der Waals surface area (Å²) >= 11 is 0. The molecule has 0 aromatic rings. The van der Waals surface area contributed by atoms with Gasteiger partial charge in [-0.2, -0.15) is 0 Å². The molecule has 0 radical (unpaired) electrons. The summed E-state index contributed by atoms with van der Waals surface area (Å²) in [6, 6.07) is -0.0249. The number of allylic oxidation sites excluding steroid dienone is 1. The number of likely N-dealkylation sites (tertiary alicyclic amines) is 1. The van der Waals surface area contributed by atoms with Gasteiger partial charge >= 0.3 is 0 Å². The molecule has 1 N–H and O–H groups in total. The molecule has 1 aliphatic carbocycles. The first-order valence-electron chi connectivity index (χ1n) is 8.43. The Kier molecular flexibility index (Phi) is 6.71. The van der Waals surface area contributed by atoms with Gasteiger partial charge in [0.2, 0.25) is 5.91 Å². The quantitative estimate of drug-likeness (QED) is 0.765. The summed E-state index contributed by atoms with van der Waals surface area (Å²) in [5, 5.41) is 3.10. The van der Waals surface area contributed by atoms with E-state index in [1.165, 1.54) is 31.3 Å². The normalized spacial score (nSPS) is 22.7. The first-order chi connectivity index (χ1) is 10.2. The number of carbonyl (C=O) groups is 1. The molecule has 21 heavy (non-hydrogen) atoms. The lowest BCUT2D eigenvalue weighted by atomic mass is 9.97. The predicted octanol–water partition coefficient (Wildman–Crippen LogP) is 2.49. The van der Waals surface area contributed by atoms with E-state index in [1.807, 2.05) is 6.92 Å². The fourth-order valence-electron chi connectivity index (χ4n) is 3.29.